The van der Waals surface area contributed by atoms with E-state index < -0.39 is 63.4 Å². The van der Waals surface area contributed by atoms with Crippen LogP contribution in [0.5, 0.6) is 0 Å². The van der Waals surface area contributed by atoms with Crippen molar-refractivity contribution in [2.75, 3.05) is 26.4 Å². The summed E-state index contributed by atoms with van der Waals surface area (Å²) in [5.41, 5.74) is -3.71. The van der Waals surface area contributed by atoms with E-state index in [2.05, 4.69) is 26.6 Å². The highest BCUT2D eigenvalue weighted by Gasteiger charge is 2.32. The van der Waals surface area contributed by atoms with Crippen LogP contribution in [0.15, 0.2) is 12.2 Å². The molecule has 1 heterocycles. The Kier molecular flexibility index (Phi) is 19.3. The summed E-state index contributed by atoms with van der Waals surface area (Å²) in [6.07, 6.45) is 3.91. The monoisotopic (exact) mass is 795 g/mol. The summed E-state index contributed by atoms with van der Waals surface area (Å²) in [4.78, 5) is 88.9. The van der Waals surface area contributed by atoms with Crippen LogP contribution in [0.25, 0.3) is 0 Å². The molecule has 0 aliphatic carbocycles. The van der Waals surface area contributed by atoms with Gasteiger partial charge in [-0.15, -0.1) is 0 Å². The Morgan fingerprint density at radius 3 is 1.54 bits per heavy atom. The Hall–Kier alpha value is -3.89. The predicted octanol–water partition coefficient (Wildman–Crippen LogP) is 2.31. The summed E-state index contributed by atoms with van der Waals surface area (Å²) < 4.78 is 12.2. The van der Waals surface area contributed by atoms with Crippen LogP contribution in [0, 0.1) is 0 Å². The second-order valence-corrected chi connectivity index (χ2v) is 18.1. The quantitative estimate of drug-likeness (QED) is 0.0702. The largest absolute Gasteiger partial charge is 0.394 e. The van der Waals surface area contributed by atoms with Gasteiger partial charge in [0, 0.05) is 68.3 Å². The zero-order chi connectivity index (χ0) is 43.1. The highest BCUT2D eigenvalue weighted by atomic mass is 16.5. The molecule has 6 N–H and O–H groups in total. The van der Waals surface area contributed by atoms with Crippen molar-refractivity contribution in [1.29, 1.82) is 0 Å². The number of carbonyl (C=O) groups is 7. The van der Waals surface area contributed by atoms with E-state index in [0.29, 0.717) is 25.7 Å². The van der Waals surface area contributed by atoms with Gasteiger partial charge in [-0.05, 0) is 109 Å². The molecule has 0 bridgehead atoms. The number of ether oxygens (including phenoxy) is 2. The predicted molar refractivity (Wildman–Crippen MR) is 212 cm³/mol. The average molecular weight is 795 g/mol. The summed E-state index contributed by atoms with van der Waals surface area (Å²) in [5, 5.41) is 23.7. The lowest BCUT2D eigenvalue weighted by atomic mass is 9.98. The molecule has 1 atom stereocenters. The third kappa shape index (κ3) is 20.9. The number of hydrogen-bond acceptors (Lipinski definition) is 10. The zero-order valence-electron chi connectivity index (χ0n) is 35.9. The second-order valence-electron chi connectivity index (χ2n) is 18.1. The third-order valence-electron chi connectivity index (χ3n) is 9.11. The van der Waals surface area contributed by atoms with Crippen LogP contribution in [0.4, 0.5) is 0 Å². The average Bonchev–Trinajstić information content (AvgIpc) is 3.36. The lowest BCUT2D eigenvalue weighted by Gasteiger charge is -2.32. The van der Waals surface area contributed by atoms with Gasteiger partial charge < -0.3 is 41.2 Å². The molecule has 0 unspecified atom stereocenters. The zero-order valence-corrected chi connectivity index (χ0v) is 35.9. The highest BCUT2D eigenvalue weighted by Crippen LogP contribution is 2.21. The van der Waals surface area contributed by atoms with E-state index in [1.54, 1.807) is 13.8 Å². The molecule has 7 amide bonds. The van der Waals surface area contributed by atoms with Gasteiger partial charge in [-0.25, -0.2) is 0 Å². The van der Waals surface area contributed by atoms with Crippen LogP contribution in [-0.2, 0) is 43.0 Å². The van der Waals surface area contributed by atoms with E-state index in [-0.39, 0.29) is 69.9 Å². The van der Waals surface area contributed by atoms with Crippen LogP contribution in [0.3, 0.4) is 0 Å². The van der Waals surface area contributed by atoms with Crippen molar-refractivity contribution >= 4 is 41.4 Å². The van der Waals surface area contributed by atoms with Crippen molar-refractivity contribution < 1.29 is 48.1 Å². The summed E-state index contributed by atoms with van der Waals surface area (Å²) in [6, 6.07) is -1.16. The smallest absolute Gasteiger partial charge is 0.253 e. The molecule has 0 saturated heterocycles. The van der Waals surface area contributed by atoms with Crippen molar-refractivity contribution in [3.63, 3.8) is 0 Å². The van der Waals surface area contributed by atoms with E-state index >= 15 is 0 Å². The van der Waals surface area contributed by atoms with Gasteiger partial charge in [0.05, 0.1) is 29.8 Å². The molecular formula is C40H70N6O10. The van der Waals surface area contributed by atoms with Gasteiger partial charge in [0.1, 0.15) is 6.04 Å². The third-order valence-corrected chi connectivity index (χ3v) is 9.11. The number of carbonyl (C=O) groups excluding carboxylic acids is 7. The number of imide groups is 1. The van der Waals surface area contributed by atoms with Crippen molar-refractivity contribution in [2.24, 2.45) is 0 Å². The second kappa shape index (κ2) is 21.6. The number of nitrogens with zero attached hydrogens (tertiary/aromatic N) is 1. The van der Waals surface area contributed by atoms with Gasteiger partial charge in [0.25, 0.3) is 11.8 Å². The summed E-state index contributed by atoms with van der Waals surface area (Å²) in [5.74, 6) is -2.79. The summed E-state index contributed by atoms with van der Waals surface area (Å²) in [6.45, 7) is 22.0. The fourth-order valence-corrected chi connectivity index (χ4v) is 5.51. The number of rotatable bonds is 26. The van der Waals surface area contributed by atoms with Gasteiger partial charge >= 0.3 is 0 Å². The van der Waals surface area contributed by atoms with Gasteiger partial charge in [0.15, 0.2) is 0 Å². The number of nitrogens with one attached hydrogen (secondary N) is 5. The van der Waals surface area contributed by atoms with Crippen LogP contribution in [0.2, 0.25) is 0 Å². The van der Waals surface area contributed by atoms with Gasteiger partial charge in [-0.3, -0.25) is 38.5 Å². The SMILES string of the molecule is CC(C)NC(=O)CCC(C)(C)OCCC(C)(C)NC(=O)[C@H](CC(=O)NC(C)(C)CO)NC(=O)CCC(C)(C)OCCC(C)(C)NC(=O)CCN1C(=O)C=CC1=O. The first-order valence-corrected chi connectivity index (χ1v) is 19.5. The minimum atomic E-state index is -1.21. The standard InChI is InChI=1S/C40H70N6O10/c1-27(2)41-29(48)15-18-39(9,10)56-24-21-37(5,6)45-35(54)28(25-32(51)44-38(7,8)26-47)42-30(49)16-19-40(11,12)55-23-20-36(3,4)43-31(50)17-22-46-33(52)13-14-34(46)53/h13-14,27-28,47H,15-26H2,1-12H3,(H,41,48)(H,42,49)(H,43,50)(H,44,51)(H,45,54)/t28-/m0/s1. The van der Waals surface area contributed by atoms with E-state index in [4.69, 9.17) is 9.47 Å². The first-order valence-electron chi connectivity index (χ1n) is 19.5. The topological polar surface area (TPSA) is 222 Å². The fraction of sp³-hybridized carbons (Fsp3) is 0.775. The van der Waals surface area contributed by atoms with Gasteiger partial charge in [0.2, 0.25) is 29.5 Å². The molecule has 0 spiro atoms. The van der Waals surface area contributed by atoms with E-state index in [0.717, 1.165) is 4.90 Å². The van der Waals surface area contributed by atoms with Crippen molar-refractivity contribution in [3.8, 4) is 0 Å². The molecule has 56 heavy (non-hydrogen) atoms. The van der Waals surface area contributed by atoms with E-state index in [1.807, 2.05) is 69.2 Å². The van der Waals surface area contributed by atoms with Crippen LogP contribution in [0.1, 0.15) is 134 Å². The first-order chi connectivity index (χ1) is 25.6. The Morgan fingerprint density at radius 1 is 0.625 bits per heavy atom. The van der Waals surface area contributed by atoms with Gasteiger partial charge in [-0.1, -0.05) is 0 Å². The molecule has 0 aromatic heterocycles. The molecule has 1 aliphatic heterocycles. The Labute approximate surface area is 333 Å². The molecule has 0 radical (unpaired) electrons. The molecule has 16 heteroatoms. The Morgan fingerprint density at radius 2 is 1.07 bits per heavy atom. The number of aliphatic hydroxyl groups excluding tert-OH is 1. The Bertz CT molecular complexity index is 1400. The Balaban J connectivity index is 2.75. The van der Waals surface area contributed by atoms with Crippen LogP contribution < -0.4 is 26.6 Å². The number of aliphatic hydroxyl groups is 1. The maximum absolute atomic E-state index is 13.6. The molecule has 320 valence electrons. The summed E-state index contributed by atoms with van der Waals surface area (Å²) >= 11 is 0. The highest BCUT2D eigenvalue weighted by molar-refractivity contribution is 6.13. The number of amides is 7. The molecule has 1 rings (SSSR count). The van der Waals surface area contributed by atoms with E-state index in [1.165, 1.54) is 12.2 Å². The molecule has 0 fully saturated rings. The van der Waals surface area contributed by atoms with Gasteiger partial charge in [-0.2, -0.15) is 0 Å². The van der Waals surface area contributed by atoms with Crippen LogP contribution >= 0.6 is 0 Å². The summed E-state index contributed by atoms with van der Waals surface area (Å²) in [7, 11) is 0. The van der Waals surface area contributed by atoms with Crippen molar-refractivity contribution in [3.05, 3.63) is 12.2 Å². The molecular weight excluding hydrogens is 724 g/mol. The van der Waals surface area contributed by atoms with E-state index in [9.17, 15) is 38.7 Å². The van der Waals surface area contributed by atoms with Crippen LogP contribution in [-0.4, -0.2) is 118 Å². The van der Waals surface area contributed by atoms with Crippen molar-refractivity contribution in [1.82, 2.24) is 31.5 Å². The first kappa shape index (κ1) is 50.1. The number of hydrogen-bond donors (Lipinski definition) is 6. The minimum Gasteiger partial charge on any atom is -0.394 e. The maximum atomic E-state index is 13.6. The fourth-order valence-electron chi connectivity index (χ4n) is 5.51. The molecule has 0 saturated carbocycles. The molecule has 1 aliphatic rings. The molecule has 16 nitrogen and oxygen atoms in total. The normalized spacial score (nSPS) is 14.5. The lowest BCUT2D eigenvalue weighted by Crippen LogP contribution is -2.56. The lowest BCUT2D eigenvalue weighted by molar-refractivity contribution is -0.137. The van der Waals surface area contributed by atoms with Crippen molar-refractivity contribution in [2.45, 2.75) is 174 Å². The molecule has 0 aromatic rings. The minimum absolute atomic E-state index is 0.00896. The maximum Gasteiger partial charge on any atom is 0.253 e. The molecule has 0 aromatic carbocycles.